The van der Waals surface area contributed by atoms with Gasteiger partial charge in [0, 0.05) is 5.38 Å². The fourth-order valence-corrected chi connectivity index (χ4v) is 1.62. The van der Waals surface area contributed by atoms with Crippen molar-refractivity contribution in [2.75, 3.05) is 0 Å². The lowest BCUT2D eigenvalue weighted by molar-refractivity contribution is 0.978. The molecule has 0 spiro atoms. The van der Waals surface area contributed by atoms with Gasteiger partial charge < -0.3 is 0 Å². The number of nitrogens with zero attached hydrogens (tertiary/aromatic N) is 4. The third kappa shape index (κ3) is 1.81. The summed E-state index contributed by atoms with van der Waals surface area (Å²) in [6, 6.07) is 0. The predicted molar refractivity (Wildman–Crippen MR) is 50.7 cm³/mol. The highest BCUT2D eigenvalue weighted by Gasteiger charge is 2.05. The molecule has 4 nitrogen and oxygen atoms in total. The monoisotopic (exact) mass is 212 g/mol. The Kier molecular flexibility index (Phi) is 2.20. The van der Waals surface area contributed by atoms with E-state index in [0.29, 0.717) is 11.6 Å². The summed E-state index contributed by atoms with van der Waals surface area (Å²) >= 11 is 7.17. The Morgan fingerprint density at radius 3 is 2.77 bits per heavy atom. The van der Waals surface area contributed by atoms with Gasteiger partial charge in [0.25, 0.3) is 0 Å². The minimum Gasteiger partial charge on any atom is -0.241 e. The Morgan fingerprint density at radius 1 is 1.31 bits per heavy atom. The standard InChI is InChI=1S/C7H5ClN4S/c1-4-10-6(12-7(8)11-4)5-2-13-3-9-5/h2-3H,1H3. The van der Waals surface area contributed by atoms with Crippen LogP contribution in [-0.2, 0) is 0 Å². The number of hydrogen-bond acceptors (Lipinski definition) is 5. The van der Waals surface area contributed by atoms with Crippen molar-refractivity contribution in [2.45, 2.75) is 6.92 Å². The van der Waals surface area contributed by atoms with Gasteiger partial charge in [-0.2, -0.15) is 4.98 Å². The van der Waals surface area contributed by atoms with E-state index in [1.807, 2.05) is 5.38 Å². The Bertz CT molecular complexity index is 394. The minimum atomic E-state index is 0.204. The number of thiazole rings is 1. The summed E-state index contributed by atoms with van der Waals surface area (Å²) in [5.74, 6) is 1.13. The average molecular weight is 213 g/mol. The molecular formula is C7H5ClN4S. The molecule has 0 amide bonds. The van der Waals surface area contributed by atoms with Gasteiger partial charge in [-0.25, -0.2) is 15.0 Å². The molecule has 0 aromatic carbocycles. The van der Waals surface area contributed by atoms with E-state index in [0.717, 1.165) is 5.69 Å². The highest BCUT2D eigenvalue weighted by Crippen LogP contribution is 2.15. The Balaban J connectivity index is 2.53. The van der Waals surface area contributed by atoms with Crippen molar-refractivity contribution in [2.24, 2.45) is 0 Å². The lowest BCUT2D eigenvalue weighted by Crippen LogP contribution is -1.96. The molecule has 0 saturated carbocycles. The van der Waals surface area contributed by atoms with Crippen LogP contribution in [0, 0.1) is 6.92 Å². The second kappa shape index (κ2) is 3.35. The summed E-state index contributed by atoms with van der Waals surface area (Å²) in [6.07, 6.45) is 0. The zero-order valence-corrected chi connectivity index (χ0v) is 8.30. The van der Waals surface area contributed by atoms with Gasteiger partial charge in [0.15, 0.2) is 5.82 Å². The predicted octanol–water partition coefficient (Wildman–Crippen LogP) is 1.96. The van der Waals surface area contributed by atoms with Crippen molar-refractivity contribution in [1.29, 1.82) is 0 Å². The maximum atomic E-state index is 5.68. The van der Waals surface area contributed by atoms with Gasteiger partial charge in [-0.15, -0.1) is 11.3 Å². The maximum Gasteiger partial charge on any atom is 0.226 e. The highest BCUT2D eigenvalue weighted by molar-refractivity contribution is 7.07. The molecule has 0 radical (unpaired) electrons. The summed E-state index contributed by atoms with van der Waals surface area (Å²) in [6.45, 7) is 1.77. The molecule has 2 rings (SSSR count). The maximum absolute atomic E-state index is 5.68. The third-order valence-electron chi connectivity index (χ3n) is 1.38. The molecular weight excluding hydrogens is 208 g/mol. The normalized spacial score (nSPS) is 10.3. The van der Waals surface area contributed by atoms with Crippen LogP contribution >= 0.6 is 22.9 Å². The van der Waals surface area contributed by atoms with Gasteiger partial charge in [-0.05, 0) is 18.5 Å². The number of halogens is 1. The molecule has 0 bridgehead atoms. The molecule has 0 aliphatic heterocycles. The Labute approximate surface area is 83.7 Å². The van der Waals surface area contributed by atoms with E-state index >= 15 is 0 Å². The summed E-state index contributed by atoms with van der Waals surface area (Å²) in [5, 5.41) is 2.07. The SMILES string of the molecule is Cc1nc(Cl)nc(-c2cscn2)n1. The molecule has 0 N–H and O–H groups in total. The minimum absolute atomic E-state index is 0.204. The van der Waals surface area contributed by atoms with Gasteiger partial charge in [-0.1, -0.05) is 0 Å². The molecule has 66 valence electrons. The van der Waals surface area contributed by atoms with Crippen LogP contribution in [0.3, 0.4) is 0 Å². The molecule has 2 aromatic rings. The first-order chi connectivity index (χ1) is 6.25. The van der Waals surface area contributed by atoms with E-state index in [-0.39, 0.29) is 5.28 Å². The summed E-state index contributed by atoms with van der Waals surface area (Å²) in [5.41, 5.74) is 2.46. The van der Waals surface area contributed by atoms with Crippen molar-refractivity contribution < 1.29 is 0 Å². The average Bonchev–Trinajstić information content (AvgIpc) is 2.53. The van der Waals surface area contributed by atoms with E-state index in [4.69, 9.17) is 11.6 Å². The van der Waals surface area contributed by atoms with Crippen LogP contribution in [0.2, 0.25) is 5.28 Å². The number of aromatic nitrogens is 4. The van der Waals surface area contributed by atoms with Crippen molar-refractivity contribution in [1.82, 2.24) is 19.9 Å². The second-order valence-electron chi connectivity index (χ2n) is 2.35. The molecule has 0 atom stereocenters. The quantitative estimate of drug-likeness (QED) is 0.725. The topological polar surface area (TPSA) is 51.6 Å². The van der Waals surface area contributed by atoms with Crippen LogP contribution in [-0.4, -0.2) is 19.9 Å². The summed E-state index contributed by atoms with van der Waals surface area (Å²) in [7, 11) is 0. The van der Waals surface area contributed by atoms with Crippen molar-refractivity contribution in [3.63, 3.8) is 0 Å². The van der Waals surface area contributed by atoms with Gasteiger partial charge in [0.2, 0.25) is 5.28 Å². The molecule has 2 aromatic heterocycles. The molecule has 0 unspecified atom stereocenters. The van der Waals surface area contributed by atoms with E-state index < -0.39 is 0 Å². The van der Waals surface area contributed by atoms with Gasteiger partial charge in [0.1, 0.15) is 11.5 Å². The number of rotatable bonds is 1. The second-order valence-corrected chi connectivity index (χ2v) is 3.41. The van der Waals surface area contributed by atoms with E-state index in [2.05, 4.69) is 19.9 Å². The highest BCUT2D eigenvalue weighted by atomic mass is 35.5. The van der Waals surface area contributed by atoms with Crippen LogP contribution in [0.1, 0.15) is 5.82 Å². The molecule has 0 aliphatic rings. The van der Waals surface area contributed by atoms with Crippen LogP contribution in [0.15, 0.2) is 10.9 Å². The first kappa shape index (κ1) is 8.52. The molecule has 0 aliphatic carbocycles. The first-order valence-electron chi connectivity index (χ1n) is 3.52. The lowest BCUT2D eigenvalue weighted by Gasteiger charge is -1.96. The summed E-state index contributed by atoms with van der Waals surface area (Å²) in [4.78, 5) is 16.0. The van der Waals surface area contributed by atoms with Gasteiger partial charge >= 0.3 is 0 Å². The van der Waals surface area contributed by atoms with E-state index in [1.165, 1.54) is 11.3 Å². The Hall–Kier alpha value is -1.07. The van der Waals surface area contributed by atoms with Crippen molar-refractivity contribution in [3.05, 3.63) is 22.0 Å². The summed E-state index contributed by atoms with van der Waals surface area (Å²) < 4.78 is 0. The molecule has 13 heavy (non-hydrogen) atoms. The van der Waals surface area contributed by atoms with Gasteiger partial charge in [-0.3, -0.25) is 0 Å². The number of aryl methyl sites for hydroxylation is 1. The van der Waals surface area contributed by atoms with Crippen LogP contribution in [0.5, 0.6) is 0 Å². The Morgan fingerprint density at radius 2 is 2.15 bits per heavy atom. The zero-order valence-electron chi connectivity index (χ0n) is 6.73. The van der Waals surface area contributed by atoms with E-state index in [1.54, 1.807) is 12.4 Å². The van der Waals surface area contributed by atoms with Crippen LogP contribution in [0.4, 0.5) is 0 Å². The molecule has 0 fully saturated rings. The third-order valence-corrected chi connectivity index (χ3v) is 2.14. The largest absolute Gasteiger partial charge is 0.241 e. The lowest BCUT2D eigenvalue weighted by atomic mass is 10.4. The zero-order chi connectivity index (χ0) is 9.26. The van der Waals surface area contributed by atoms with E-state index in [9.17, 15) is 0 Å². The smallest absolute Gasteiger partial charge is 0.226 e. The fourth-order valence-electron chi connectivity index (χ4n) is 0.887. The first-order valence-corrected chi connectivity index (χ1v) is 4.84. The van der Waals surface area contributed by atoms with Crippen molar-refractivity contribution >= 4 is 22.9 Å². The van der Waals surface area contributed by atoms with Crippen LogP contribution in [0.25, 0.3) is 11.5 Å². The van der Waals surface area contributed by atoms with Gasteiger partial charge in [0.05, 0.1) is 5.51 Å². The molecule has 2 heterocycles. The van der Waals surface area contributed by atoms with Crippen molar-refractivity contribution in [3.8, 4) is 11.5 Å². The van der Waals surface area contributed by atoms with Crippen LogP contribution < -0.4 is 0 Å². The molecule has 6 heteroatoms. The fraction of sp³-hybridized carbons (Fsp3) is 0.143. The number of hydrogen-bond donors (Lipinski definition) is 0. The molecule has 0 saturated heterocycles.